The molecule has 4 aliphatic carbocycles. The third-order valence-corrected chi connectivity index (χ3v) is 10.3. The molecule has 8 atom stereocenters. The van der Waals surface area contributed by atoms with E-state index in [2.05, 4.69) is 13.8 Å². The molecule has 5 fully saturated rings. The first-order valence-electron chi connectivity index (χ1n) is 12.0. The van der Waals surface area contributed by atoms with E-state index in [0.717, 1.165) is 37.7 Å². The summed E-state index contributed by atoms with van der Waals surface area (Å²) in [5.74, 6) is -0.154. The second kappa shape index (κ2) is 6.00. The van der Waals surface area contributed by atoms with Gasteiger partial charge in [0.25, 0.3) is 0 Å². The second-order valence-electron chi connectivity index (χ2n) is 11.2. The molecule has 2 unspecified atom stereocenters. The van der Waals surface area contributed by atoms with E-state index in [9.17, 15) is 14.4 Å². The number of esters is 2. The number of ether oxygens (including phenoxy) is 3. The van der Waals surface area contributed by atoms with E-state index in [1.807, 2.05) is 6.92 Å². The molecule has 2 heterocycles. The van der Waals surface area contributed by atoms with Crippen molar-refractivity contribution in [3.63, 3.8) is 0 Å². The average Bonchev–Trinajstić information content (AvgIpc) is 3.20. The van der Waals surface area contributed by atoms with Crippen molar-refractivity contribution in [2.75, 3.05) is 6.61 Å². The summed E-state index contributed by atoms with van der Waals surface area (Å²) >= 11 is 0. The van der Waals surface area contributed by atoms with Crippen LogP contribution in [0.25, 0.3) is 0 Å². The van der Waals surface area contributed by atoms with Gasteiger partial charge in [-0.15, -0.1) is 0 Å². The van der Waals surface area contributed by atoms with Gasteiger partial charge in [-0.2, -0.15) is 0 Å². The molecule has 6 aliphatic rings. The van der Waals surface area contributed by atoms with Crippen LogP contribution in [0.5, 0.6) is 0 Å². The summed E-state index contributed by atoms with van der Waals surface area (Å²) in [6, 6.07) is 0. The molecule has 6 heteroatoms. The summed E-state index contributed by atoms with van der Waals surface area (Å²) in [5.41, 5.74) is -0.174. The zero-order valence-corrected chi connectivity index (χ0v) is 18.7. The lowest BCUT2D eigenvalue weighted by molar-refractivity contribution is -0.173. The lowest BCUT2D eigenvalue weighted by Gasteiger charge is -2.58. The van der Waals surface area contributed by atoms with E-state index in [0.29, 0.717) is 25.9 Å². The topological polar surface area (TPSA) is 82.2 Å². The van der Waals surface area contributed by atoms with Crippen molar-refractivity contribution in [3.8, 4) is 0 Å². The SMILES string of the molecule is CCOC(=O)[C@@H]1CC2=CC(=O)CC[C@]2(C)[C@@]23O[C@@H]2CC2(C)C(CC[C@@]24CCC(=O)O4)[C@H]13. The van der Waals surface area contributed by atoms with E-state index in [4.69, 9.17) is 14.2 Å². The van der Waals surface area contributed by atoms with Crippen LogP contribution in [0, 0.1) is 28.6 Å². The van der Waals surface area contributed by atoms with Crippen LogP contribution in [0.4, 0.5) is 0 Å². The zero-order valence-electron chi connectivity index (χ0n) is 18.7. The molecule has 0 aromatic heterocycles. The van der Waals surface area contributed by atoms with Gasteiger partial charge in [0, 0.05) is 29.6 Å². The van der Waals surface area contributed by atoms with Crippen molar-refractivity contribution < 1.29 is 28.6 Å². The molecule has 6 nitrogen and oxygen atoms in total. The maximum absolute atomic E-state index is 13.3. The number of carbonyl (C=O) groups is 3. The fraction of sp³-hybridized carbons (Fsp3) is 0.800. The lowest BCUT2D eigenvalue weighted by atomic mass is 9.43. The Morgan fingerprint density at radius 2 is 2.00 bits per heavy atom. The third kappa shape index (κ3) is 2.20. The highest BCUT2D eigenvalue weighted by atomic mass is 16.6. The molecule has 0 amide bonds. The highest BCUT2D eigenvalue weighted by Gasteiger charge is 2.83. The minimum Gasteiger partial charge on any atom is -0.466 e. The maximum Gasteiger partial charge on any atom is 0.309 e. The molecule has 0 aromatic rings. The van der Waals surface area contributed by atoms with Crippen molar-refractivity contribution in [2.24, 2.45) is 28.6 Å². The Hall–Kier alpha value is -1.69. The molecule has 0 bridgehead atoms. The van der Waals surface area contributed by atoms with Crippen molar-refractivity contribution >= 4 is 17.7 Å². The van der Waals surface area contributed by atoms with E-state index < -0.39 is 11.2 Å². The molecule has 31 heavy (non-hydrogen) atoms. The second-order valence-corrected chi connectivity index (χ2v) is 11.2. The van der Waals surface area contributed by atoms with Crippen LogP contribution in [-0.4, -0.2) is 41.6 Å². The van der Waals surface area contributed by atoms with Crippen LogP contribution < -0.4 is 0 Å². The number of hydrogen-bond acceptors (Lipinski definition) is 6. The standard InChI is InChI=1S/C25H32O6/c1-4-29-21(28)16-12-14-11-15(26)5-8-22(14,2)25-18(30-25)13-23(3)17(20(16)25)6-9-24(23)10-7-19(27)31-24/h11,16-18,20H,4-10,12-13H2,1-3H3/t16-,17?,18-,20+,22+,23?,24-,25-/m1/s1. The highest BCUT2D eigenvalue weighted by Crippen LogP contribution is 2.78. The zero-order chi connectivity index (χ0) is 21.8. The first kappa shape index (κ1) is 20.0. The Morgan fingerprint density at radius 3 is 2.71 bits per heavy atom. The molecule has 0 N–H and O–H groups in total. The molecule has 0 aromatic carbocycles. The summed E-state index contributed by atoms with van der Waals surface area (Å²) in [4.78, 5) is 37.7. The molecule has 0 radical (unpaired) electrons. The maximum atomic E-state index is 13.3. The van der Waals surface area contributed by atoms with Crippen molar-refractivity contribution in [1.29, 1.82) is 0 Å². The minimum absolute atomic E-state index is 0.0318. The summed E-state index contributed by atoms with van der Waals surface area (Å²) in [6.45, 7) is 6.71. The summed E-state index contributed by atoms with van der Waals surface area (Å²) in [7, 11) is 0. The van der Waals surface area contributed by atoms with Crippen LogP contribution in [0.15, 0.2) is 11.6 Å². The summed E-state index contributed by atoms with van der Waals surface area (Å²) in [5, 5.41) is 0. The van der Waals surface area contributed by atoms with Crippen LogP contribution in [0.2, 0.25) is 0 Å². The van der Waals surface area contributed by atoms with Gasteiger partial charge in [0.1, 0.15) is 11.2 Å². The van der Waals surface area contributed by atoms with Crippen LogP contribution in [-0.2, 0) is 28.6 Å². The van der Waals surface area contributed by atoms with Gasteiger partial charge in [0.15, 0.2) is 5.78 Å². The van der Waals surface area contributed by atoms with E-state index >= 15 is 0 Å². The largest absolute Gasteiger partial charge is 0.466 e. The number of ketones is 1. The average molecular weight is 429 g/mol. The van der Waals surface area contributed by atoms with Crippen LogP contribution >= 0.6 is 0 Å². The molecular weight excluding hydrogens is 396 g/mol. The molecule has 2 aliphatic heterocycles. The van der Waals surface area contributed by atoms with E-state index in [-0.39, 0.29) is 52.4 Å². The van der Waals surface area contributed by atoms with Gasteiger partial charge in [0.2, 0.25) is 0 Å². The number of rotatable bonds is 2. The number of fused-ring (bicyclic) bond motifs is 4. The predicted molar refractivity (Wildman–Crippen MR) is 110 cm³/mol. The molecule has 3 saturated carbocycles. The number of epoxide rings is 1. The van der Waals surface area contributed by atoms with Gasteiger partial charge in [-0.3, -0.25) is 14.4 Å². The number of hydrogen-bond donors (Lipinski definition) is 0. The Labute approximate surface area is 183 Å². The first-order chi connectivity index (χ1) is 14.7. The molecular formula is C25H32O6. The van der Waals surface area contributed by atoms with Crippen LogP contribution in [0.1, 0.15) is 72.1 Å². The Bertz CT molecular complexity index is 923. The third-order valence-electron chi connectivity index (χ3n) is 10.3. The smallest absolute Gasteiger partial charge is 0.309 e. The van der Waals surface area contributed by atoms with Gasteiger partial charge in [-0.05, 0) is 57.4 Å². The predicted octanol–water partition coefficient (Wildman–Crippen LogP) is 3.51. The normalized spacial score (nSPS) is 51.9. The van der Waals surface area contributed by atoms with Crippen molar-refractivity contribution in [3.05, 3.63) is 11.6 Å². The monoisotopic (exact) mass is 428 g/mol. The Balaban J connectivity index is 1.48. The van der Waals surface area contributed by atoms with Crippen molar-refractivity contribution in [2.45, 2.75) is 89.4 Å². The fourth-order valence-corrected chi connectivity index (χ4v) is 8.78. The lowest BCUT2D eigenvalue weighted by Crippen LogP contribution is -2.63. The van der Waals surface area contributed by atoms with Gasteiger partial charge in [-0.25, -0.2) is 0 Å². The van der Waals surface area contributed by atoms with Gasteiger partial charge >= 0.3 is 11.9 Å². The molecule has 2 saturated heterocycles. The molecule has 6 rings (SSSR count). The summed E-state index contributed by atoms with van der Waals surface area (Å²) in [6.07, 6.45) is 7.64. The fourth-order valence-electron chi connectivity index (χ4n) is 8.78. The highest BCUT2D eigenvalue weighted by molar-refractivity contribution is 5.92. The van der Waals surface area contributed by atoms with Gasteiger partial charge in [-0.1, -0.05) is 19.4 Å². The Morgan fingerprint density at radius 1 is 1.19 bits per heavy atom. The number of carbonyl (C=O) groups excluding carboxylic acids is 3. The first-order valence-corrected chi connectivity index (χ1v) is 12.0. The Kier molecular flexibility index (Phi) is 3.86. The van der Waals surface area contributed by atoms with E-state index in [1.54, 1.807) is 6.08 Å². The molecule has 168 valence electrons. The van der Waals surface area contributed by atoms with Gasteiger partial charge < -0.3 is 14.2 Å². The quantitative estimate of drug-likeness (QED) is 0.494. The minimum atomic E-state index is -0.425. The summed E-state index contributed by atoms with van der Waals surface area (Å²) < 4.78 is 18.3. The van der Waals surface area contributed by atoms with Crippen LogP contribution in [0.3, 0.4) is 0 Å². The van der Waals surface area contributed by atoms with Gasteiger partial charge in [0.05, 0.1) is 18.6 Å². The molecule has 2 spiro atoms. The van der Waals surface area contributed by atoms with Crippen molar-refractivity contribution in [1.82, 2.24) is 0 Å². The van der Waals surface area contributed by atoms with E-state index in [1.165, 1.54) is 0 Å².